The maximum Gasteiger partial charge on any atom is 0.229 e. The number of benzene rings is 1. The van der Waals surface area contributed by atoms with Gasteiger partial charge < -0.3 is 14.8 Å². The molecule has 0 atom stereocenters. The summed E-state index contributed by atoms with van der Waals surface area (Å²) in [5, 5.41) is 2.83. The molecule has 94 valence electrons. The van der Waals surface area contributed by atoms with E-state index in [1.165, 1.54) is 0 Å². The number of nitrogens with one attached hydrogen (secondary N) is 1. The second-order valence-corrected chi connectivity index (χ2v) is 4.77. The Bertz CT molecular complexity index is 408. The van der Waals surface area contributed by atoms with Crippen molar-refractivity contribution in [3.8, 4) is 11.5 Å². The Hall–Kier alpha value is -1.71. The molecule has 0 heterocycles. The minimum atomic E-state index is -0.423. The molecule has 0 aliphatic rings. The zero-order valence-corrected chi connectivity index (χ0v) is 11.0. The molecular weight excluding hydrogens is 218 g/mol. The first kappa shape index (κ1) is 13.4. The molecule has 0 fully saturated rings. The monoisotopic (exact) mass is 237 g/mol. The largest absolute Gasteiger partial charge is 0.493 e. The van der Waals surface area contributed by atoms with E-state index in [9.17, 15) is 4.79 Å². The van der Waals surface area contributed by atoms with Gasteiger partial charge in [0.25, 0.3) is 0 Å². The molecule has 0 saturated heterocycles. The molecule has 0 spiro atoms. The Morgan fingerprint density at radius 3 is 2.18 bits per heavy atom. The lowest BCUT2D eigenvalue weighted by Crippen LogP contribution is -2.27. The Balaban J connectivity index is 2.90. The number of hydrogen-bond acceptors (Lipinski definition) is 3. The second-order valence-electron chi connectivity index (χ2n) is 4.77. The molecule has 17 heavy (non-hydrogen) atoms. The van der Waals surface area contributed by atoms with Crippen molar-refractivity contribution < 1.29 is 14.3 Å². The van der Waals surface area contributed by atoms with E-state index in [0.717, 1.165) is 0 Å². The molecule has 4 nitrogen and oxygen atoms in total. The molecule has 0 aliphatic heterocycles. The first-order valence-electron chi connectivity index (χ1n) is 5.42. The van der Waals surface area contributed by atoms with E-state index in [1.807, 2.05) is 20.8 Å². The number of hydrogen-bond donors (Lipinski definition) is 1. The molecule has 1 aromatic rings. The smallest absolute Gasteiger partial charge is 0.229 e. The molecule has 4 heteroatoms. The van der Waals surface area contributed by atoms with Gasteiger partial charge in [-0.2, -0.15) is 0 Å². The highest BCUT2D eigenvalue weighted by Gasteiger charge is 2.21. The number of carbonyl (C=O) groups excluding carboxylic acids is 1. The van der Waals surface area contributed by atoms with Crippen molar-refractivity contribution in [2.24, 2.45) is 5.41 Å². The highest BCUT2D eigenvalue weighted by atomic mass is 16.5. The summed E-state index contributed by atoms with van der Waals surface area (Å²) >= 11 is 0. The van der Waals surface area contributed by atoms with Gasteiger partial charge in [-0.15, -0.1) is 0 Å². The van der Waals surface area contributed by atoms with Crippen LogP contribution in [0.5, 0.6) is 11.5 Å². The van der Waals surface area contributed by atoms with Gasteiger partial charge in [0.15, 0.2) is 11.5 Å². The summed E-state index contributed by atoms with van der Waals surface area (Å²) < 4.78 is 10.3. The highest BCUT2D eigenvalue weighted by molar-refractivity contribution is 5.94. The van der Waals surface area contributed by atoms with E-state index in [0.29, 0.717) is 17.2 Å². The number of ether oxygens (including phenoxy) is 2. The summed E-state index contributed by atoms with van der Waals surface area (Å²) in [4.78, 5) is 11.8. The van der Waals surface area contributed by atoms with Gasteiger partial charge >= 0.3 is 0 Å². The zero-order valence-electron chi connectivity index (χ0n) is 11.0. The third-order valence-corrected chi connectivity index (χ3v) is 2.32. The summed E-state index contributed by atoms with van der Waals surface area (Å²) in [6.45, 7) is 5.59. The zero-order chi connectivity index (χ0) is 13.1. The maximum absolute atomic E-state index is 11.8. The van der Waals surface area contributed by atoms with Crippen LogP contribution in [0.15, 0.2) is 18.2 Å². The standard InChI is InChI=1S/C13H19NO3/c1-13(2,3)12(15)14-9-6-7-10(16-4)11(8-9)17-5/h6-8H,1-5H3,(H,14,15). The van der Waals surface area contributed by atoms with Gasteiger partial charge in [0.1, 0.15) is 0 Å². The van der Waals surface area contributed by atoms with Crippen LogP contribution < -0.4 is 14.8 Å². The fraction of sp³-hybridized carbons (Fsp3) is 0.462. The SMILES string of the molecule is COc1ccc(NC(=O)C(C)(C)C)cc1OC. The molecule has 0 aromatic heterocycles. The molecule has 0 aliphatic carbocycles. The molecular formula is C13H19NO3. The van der Waals surface area contributed by atoms with E-state index < -0.39 is 5.41 Å². The number of rotatable bonds is 3. The minimum Gasteiger partial charge on any atom is -0.493 e. The van der Waals surface area contributed by atoms with E-state index in [-0.39, 0.29) is 5.91 Å². The third kappa shape index (κ3) is 3.37. The van der Waals surface area contributed by atoms with Crippen molar-refractivity contribution in [1.29, 1.82) is 0 Å². The van der Waals surface area contributed by atoms with Crippen molar-refractivity contribution >= 4 is 11.6 Å². The second kappa shape index (κ2) is 5.08. The van der Waals surface area contributed by atoms with Gasteiger partial charge in [-0.25, -0.2) is 0 Å². The lowest BCUT2D eigenvalue weighted by atomic mass is 9.95. The highest BCUT2D eigenvalue weighted by Crippen LogP contribution is 2.30. The first-order chi connectivity index (χ1) is 7.88. The van der Waals surface area contributed by atoms with Crippen LogP contribution in [0.25, 0.3) is 0 Å². The van der Waals surface area contributed by atoms with Crippen molar-refractivity contribution in [2.45, 2.75) is 20.8 Å². The lowest BCUT2D eigenvalue weighted by molar-refractivity contribution is -0.123. The van der Waals surface area contributed by atoms with Crippen molar-refractivity contribution in [1.82, 2.24) is 0 Å². The number of carbonyl (C=O) groups is 1. The fourth-order valence-corrected chi connectivity index (χ4v) is 1.23. The van der Waals surface area contributed by atoms with Crippen LogP contribution in [0.3, 0.4) is 0 Å². The predicted molar refractivity (Wildman–Crippen MR) is 67.6 cm³/mol. The van der Waals surface area contributed by atoms with Gasteiger partial charge in [0, 0.05) is 17.2 Å². The number of methoxy groups -OCH3 is 2. The van der Waals surface area contributed by atoms with Gasteiger partial charge in [-0.1, -0.05) is 20.8 Å². The normalized spacial score (nSPS) is 10.9. The first-order valence-corrected chi connectivity index (χ1v) is 5.42. The van der Waals surface area contributed by atoms with E-state index in [2.05, 4.69) is 5.32 Å². The minimum absolute atomic E-state index is 0.0373. The van der Waals surface area contributed by atoms with Crippen molar-refractivity contribution in [2.75, 3.05) is 19.5 Å². The summed E-state index contributed by atoms with van der Waals surface area (Å²) in [5.74, 6) is 1.20. The van der Waals surface area contributed by atoms with E-state index in [4.69, 9.17) is 9.47 Å². The van der Waals surface area contributed by atoms with Gasteiger partial charge in [0.05, 0.1) is 14.2 Å². The van der Waals surface area contributed by atoms with Crippen LogP contribution in [0.4, 0.5) is 5.69 Å². The van der Waals surface area contributed by atoms with Crippen LogP contribution in [-0.4, -0.2) is 20.1 Å². The van der Waals surface area contributed by atoms with Crippen LogP contribution in [0.1, 0.15) is 20.8 Å². The molecule has 0 radical (unpaired) electrons. The Morgan fingerprint density at radius 1 is 1.12 bits per heavy atom. The molecule has 1 rings (SSSR count). The summed E-state index contributed by atoms with van der Waals surface area (Å²) in [6, 6.07) is 5.28. The van der Waals surface area contributed by atoms with E-state index >= 15 is 0 Å². The van der Waals surface area contributed by atoms with Crippen LogP contribution in [0.2, 0.25) is 0 Å². The summed E-state index contributed by atoms with van der Waals surface area (Å²) in [6.07, 6.45) is 0. The quantitative estimate of drug-likeness (QED) is 0.879. The lowest BCUT2D eigenvalue weighted by Gasteiger charge is -2.18. The van der Waals surface area contributed by atoms with Crippen LogP contribution in [-0.2, 0) is 4.79 Å². The molecule has 1 aromatic carbocycles. The summed E-state index contributed by atoms with van der Waals surface area (Å²) in [5.41, 5.74) is 0.273. The fourth-order valence-electron chi connectivity index (χ4n) is 1.23. The number of anilines is 1. The summed E-state index contributed by atoms with van der Waals surface area (Å²) in [7, 11) is 3.14. The molecule has 0 unspecified atom stereocenters. The van der Waals surface area contributed by atoms with E-state index in [1.54, 1.807) is 32.4 Å². The topological polar surface area (TPSA) is 47.6 Å². The Labute approximate surface area is 102 Å². The van der Waals surface area contributed by atoms with Crippen LogP contribution in [0, 0.1) is 5.41 Å². The molecule has 1 amide bonds. The van der Waals surface area contributed by atoms with Crippen LogP contribution >= 0.6 is 0 Å². The average molecular weight is 237 g/mol. The molecule has 1 N–H and O–H groups in total. The molecule has 0 saturated carbocycles. The predicted octanol–water partition coefficient (Wildman–Crippen LogP) is 2.69. The third-order valence-electron chi connectivity index (χ3n) is 2.32. The van der Waals surface area contributed by atoms with Crippen molar-refractivity contribution in [3.05, 3.63) is 18.2 Å². The number of amides is 1. The maximum atomic E-state index is 11.8. The van der Waals surface area contributed by atoms with Gasteiger partial charge in [-0.05, 0) is 12.1 Å². The molecule has 0 bridgehead atoms. The average Bonchev–Trinajstić information content (AvgIpc) is 2.27. The van der Waals surface area contributed by atoms with Crippen molar-refractivity contribution in [3.63, 3.8) is 0 Å². The Morgan fingerprint density at radius 2 is 1.71 bits per heavy atom. The van der Waals surface area contributed by atoms with Gasteiger partial charge in [0.2, 0.25) is 5.91 Å². The van der Waals surface area contributed by atoms with Gasteiger partial charge in [-0.3, -0.25) is 4.79 Å². The Kier molecular flexibility index (Phi) is 3.99.